The summed E-state index contributed by atoms with van der Waals surface area (Å²) in [4.78, 5) is 4.93. The fraction of sp³-hybridized carbons (Fsp3) is 0.333. The van der Waals surface area contributed by atoms with Crippen LogP contribution in [0.2, 0.25) is 0 Å². The van der Waals surface area contributed by atoms with E-state index in [4.69, 9.17) is 0 Å². The molecule has 1 saturated heterocycles. The summed E-state index contributed by atoms with van der Waals surface area (Å²) in [5.41, 5.74) is 1.30. The first-order chi connectivity index (χ1) is 10.8. The summed E-state index contributed by atoms with van der Waals surface area (Å²) in [6.07, 6.45) is 4.57. The Hall–Kier alpha value is -0.940. The van der Waals surface area contributed by atoms with Gasteiger partial charge in [-0.3, -0.25) is 0 Å². The number of rotatable bonds is 5. The molecule has 0 atom stereocenters. The van der Waals surface area contributed by atoms with E-state index in [1.54, 1.807) is 9.80 Å². The molecule has 1 aromatic heterocycles. The van der Waals surface area contributed by atoms with Crippen molar-refractivity contribution in [3.8, 4) is 0 Å². The van der Waals surface area contributed by atoms with Crippen LogP contribution in [0.3, 0.4) is 0 Å². The minimum Gasteiger partial charge on any atom is -0.322 e. The zero-order valence-electron chi connectivity index (χ0n) is 12.7. The highest BCUT2D eigenvalue weighted by molar-refractivity contribution is 9.10. The second-order valence-electron chi connectivity index (χ2n) is 5.93. The van der Waals surface area contributed by atoms with Crippen molar-refractivity contribution >= 4 is 33.3 Å². The fourth-order valence-corrected chi connectivity index (χ4v) is 4.48. The number of quaternary nitrogens is 2. The summed E-state index contributed by atoms with van der Waals surface area (Å²) in [5.74, 6) is 0. The quantitative estimate of drug-likeness (QED) is 0.780. The number of benzene rings is 1. The molecule has 0 saturated carbocycles. The van der Waals surface area contributed by atoms with Gasteiger partial charge in [-0.1, -0.05) is 36.4 Å². The zero-order valence-corrected chi connectivity index (χ0v) is 15.1. The largest absolute Gasteiger partial charge is 0.322 e. The van der Waals surface area contributed by atoms with Crippen molar-refractivity contribution in [2.45, 2.75) is 6.54 Å². The van der Waals surface area contributed by atoms with Crippen LogP contribution in [0.15, 0.2) is 52.3 Å². The van der Waals surface area contributed by atoms with Gasteiger partial charge in [-0.05, 0) is 33.6 Å². The Balaban J connectivity index is 1.41. The van der Waals surface area contributed by atoms with E-state index >= 15 is 0 Å². The molecule has 0 bridgehead atoms. The lowest BCUT2D eigenvalue weighted by Crippen LogP contribution is -3.27. The Labute approximate surface area is 145 Å². The van der Waals surface area contributed by atoms with Crippen LogP contribution in [0.5, 0.6) is 0 Å². The topological polar surface area (TPSA) is 8.88 Å². The van der Waals surface area contributed by atoms with Crippen molar-refractivity contribution in [2.24, 2.45) is 0 Å². The third-order valence-corrected chi connectivity index (χ3v) is 5.92. The lowest BCUT2D eigenvalue weighted by Gasteiger charge is -2.28. The minimum atomic E-state index is 1.15. The molecule has 1 aromatic carbocycles. The third-order valence-electron chi connectivity index (χ3n) is 4.23. The second-order valence-corrected chi connectivity index (χ2v) is 7.84. The van der Waals surface area contributed by atoms with Crippen LogP contribution in [0, 0.1) is 0 Å². The summed E-state index contributed by atoms with van der Waals surface area (Å²) >= 11 is 5.41. The standard InChI is InChI=1S/C18H21BrN2S/c19-17-13-18(22-15-17)14-21-11-9-20(10-12-21)8-4-7-16-5-2-1-3-6-16/h1-7,13,15H,8-12,14H2/p+2/b7-4+. The van der Waals surface area contributed by atoms with Crippen molar-refractivity contribution in [3.05, 3.63) is 62.8 Å². The first-order valence-corrected chi connectivity index (χ1v) is 9.58. The van der Waals surface area contributed by atoms with E-state index in [1.807, 2.05) is 11.3 Å². The Bertz CT molecular complexity index is 601. The second kappa shape index (κ2) is 8.06. The Morgan fingerprint density at radius 2 is 1.77 bits per heavy atom. The van der Waals surface area contributed by atoms with Crippen molar-refractivity contribution in [2.75, 3.05) is 32.7 Å². The predicted molar refractivity (Wildman–Crippen MR) is 97.5 cm³/mol. The minimum absolute atomic E-state index is 1.15. The highest BCUT2D eigenvalue weighted by atomic mass is 79.9. The van der Waals surface area contributed by atoms with Crippen LogP contribution in [0.25, 0.3) is 6.08 Å². The molecule has 0 spiro atoms. The molecule has 0 amide bonds. The third kappa shape index (κ3) is 4.78. The van der Waals surface area contributed by atoms with Crippen LogP contribution in [-0.4, -0.2) is 32.7 Å². The van der Waals surface area contributed by atoms with Gasteiger partial charge < -0.3 is 9.80 Å². The van der Waals surface area contributed by atoms with E-state index in [9.17, 15) is 0 Å². The van der Waals surface area contributed by atoms with Crippen LogP contribution in [0.1, 0.15) is 10.4 Å². The highest BCUT2D eigenvalue weighted by Crippen LogP contribution is 2.18. The highest BCUT2D eigenvalue weighted by Gasteiger charge is 2.22. The molecule has 2 heterocycles. The molecule has 2 N–H and O–H groups in total. The van der Waals surface area contributed by atoms with Crippen molar-refractivity contribution in [1.29, 1.82) is 0 Å². The van der Waals surface area contributed by atoms with Crippen LogP contribution >= 0.6 is 27.3 Å². The first kappa shape index (κ1) is 15.9. The van der Waals surface area contributed by atoms with Crippen molar-refractivity contribution in [1.82, 2.24) is 0 Å². The average molecular weight is 379 g/mol. The van der Waals surface area contributed by atoms with Gasteiger partial charge in [-0.25, -0.2) is 0 Å². The molecule has 0 unspecified atom stereocenters. The van der Waals surface area contributed by atoms with Gasteiger partial charge in [0.25, 0.3) is 0 Å². The number of halogens is 1. The zero-order chi connectivity index (χ0) is 15.2. The number of hydrogen-bond acceptors (Lipinski definition) is 1. The summed E-state index contributed by atoms with van der Waals surface area (Å²) in [5, 5.41) is 2.19. The fourth-order valence-electron chi connectivity index (χ4n) is 2.96. The summed E-state index contributed by atoms with van der Waals surface area (Å²) in [6.45, 7) is 7.45. The average Bonchev–Trinajstić information content (AvgIpc) is 2.95. The summed E-state index contributed by atoms with van der Waals surface area (Å²) < 4.78 is 1.22. The lowest BCUT2D eigenvalue weighted by atomic mass is 10.2. The maximum Gasteiger partial charge on any atom is 0.127 e. The maximum absolute atomic E-state index is 3.54. The normalized spacial score (nSPS) is 22.2. The molecular formula is C18H23BrN2S+2. The SMILES string of the molecule is Brc1csc(C[NH+]2CC[NH+](C/C=C/c3ccccc3)CC2)c1. The van der Waals surface area contributed by atoms with Gasteiger partial charge in [-0.15, -0.1) is 11.3 Å². The molecule has 2 nitrogen and oxygen atoms in total. The molecule has 0 aliphatic carbocycles. The molecule has 0 radical (unpaired) electrons. The maximum atomic E-state index is 3.54. The molecular weight excluding hydrogens is 356 g/mol. The summed E-state index contributed by atoms with van der Waals surface area (Å²) in [6, 6.07) is 12.8. The van der Waals surface area contributed by atoms with E-state index in [1.165, 1.54) is 47.6 Å². The van der Waals surface area contributed by atoms with Gasteiger partial charge in [0.05, 0.1) is 11.4 Å². The van der Waals surface area contributed by atoms with Crippen LogP contribution in [0.4, 0.5) is 0 Å². The Morgan fingerprint density at radius 3 is 2.45 bits per heavy atom. The number of hydrogen-bond donors (Lipinski definition) is 2. The molecule has 22 heavy (non-hydrogen) atoms. The van der Waals surface area contributed by atoms with Gasteiger partial charge >= 0.3 is 0 Å². The molecule has 4 heteroatoms. The monoisotopic (exact) mass is 378 g/mol. The lowest BCUT2D eigenvalue weighted by molar-refractivity contribution is -1.02. The molecule has 1 fully saturated rings. The molecule has 116 valence electrons. The van der Waals surface area contributed by atoms with E-state index < -0.39 is 0 Å². The molecule has 1 aliphatic heterocycles. The first-order valence-electron chi connectivity index (χ1n) is 7.91. The smallest absolute Gasteiger partial charge is 0.127 e. The van der Waals surface area contributed by atoms with E-state index in [0.29, 0.717) is 0 Å². The molecule has 1 aliphatic rings. The predicted octanol–water partition coefficient (Wildman–Crippen LogP) is 1.51. The number of nitrogens with one attached hydrogen (secondary N) is 2. The van der Waals surface area contributed by atoms with Gasteiger partial charge in [0, 0.05) is 9.85 Å². The van der Waals surface area contributed by atoms with Crippen molar-refractivity contribution in [3.63, 3.8) is 0 Å². The molecule has 2 aromatic rings. The van der Waals surface area contributed by atoms with E-state index in [2.05, 4.69) is 69.9 Å². The number of piperazine rings is 1. The van der Waals surface area contributed by atoms with Gasteiger partial charge in [0.15, 0.2) is 0 Å². The molecule has 3 rings (SSSR count). The van der Waals surface area contributed by atoms with Crippen LogP contribution in [-0.2, 0) is 6.54 Å². The Kier molecular flexibility index (Phi) is 5.84. The van der Waals surface area contributed by atoms with Crippen LogP contribution < -0.4 is 9.80 Å². The van der Waals surface area contributed by atoms with Gasteiger partial charge in [0.2, 0.25) is 0 Å². The number of thiophene rings is 1. The summed E-state index contributed by atoms with van der Waals surface area (Å²) in [7, 11) is 0. The van der Waals surface area contributed by atoms with Gasteiger partial charge in [-0.2, -0.15) is 0 Å². The Morgan fingerprint density at radius 1 is 1.05 bits per heavy atom. The van der Waals surface area contributed by atoms with E-state index in [0.717, 1.165) is 6.54 Å². The van der Waals surface area contributed by atoms with E-state index in [-0.39, 0.29) is 0 Å². The van der Waals surface area contributed by atoms with Crippen molar-refractivity contribution < 1.29 is 9.80 Å². The van der Waals surface area contributed by atoms with Gasteiger partial charge in [0.1, 0.15) is 32.7 Å².